The molecule has 18 heavy (non-hydrogen) atoms. The first-order valence-corrected chi connectivity index (χ1v) is 6.12. The van der Waals surface area contributed by atoms with E-state index in [0.29, 0.717) is 22.8 Å². The van der Waals surface area contributed by atoms with Gasteiger partial charge in [0.25, 0.3) is 0 Å². The normalized spacial score (nSPS) is 10.1. The maximum atomic E-state index is 12.2. The molecule has 0 unspecified atom stereocenters. The number of halogens is 1. The van der Waals surface area contributed by atoms with Crippen LogP contribution in [0.4, 0.5) is 0 Å². The van der Waals surface area contributed by atoms with Crippen molar-refractivity contribution in [1.29, 1.82) is 0 Å². The van der Waals surface area contributed by atoms with E-state index in [9.17, 15) is 4.79 Å². The molecule has 0 aliphatic heterocycles. The second-order valence-corrected chi connectivity index (χ2v) is 4.12. The largest absolute Gasteiger partial charge is 0.496 e. The summed E-state index contributed by atoms with van der Waals surface area (Å²) in [6.45, 7) is 0. The molecule has 0 N–H and O–H groups in total. The van der Waals surface area contributed by atoms with E-state index in [4.69, 9.17) is 16.3 Å². The third-order valence-electron chi connectivity index (χ3n) is 2.72. The highest BCUT2D eigenvalue weighted by Gasteiger charge is 2.11. The van der Waals surface area contributed by atoms with Crippen molar-refractivity contribution >= 4 is 17.4 Å². The minimum absolute atomic E-state index is 0.00961. The number of methoxy groups -OCH3 is 1. The van der Waals surface area contributed by atoms with Crippen LogP contribution in [0.15, 0.2) is 48.5 Å². The van der Waals surface area contributed by atoms with Crippen LogP contribution in [-0.4, -0.2) is 12.9 Å². The van der Waals surface area contributed by atoms with Crippen molar-refractivity contribution in [2.24, 2.45) is 0 Å². The molecule has 92 valence electrons. The fourth-order valence-corrected chi connectivity index (χ4v) is 1.99. The zero-order chi connectivity index (χ0) is 13.0. The molecule has 0 atom stereocenters. The maximum Gasteiger partial charge on any atom is 0.193 e. The molecule has 2 nitrogen and oxygen atoms in total. The number of ketones is 1. The lowest BCUT2D eigenvalue weighted by molar-refractivity contribution is 0.103. The van der Waals surface area contributed by atoms with E-state index in [-0.39, 0.29) is 5.78 Å². The van der Waals surface area contributed by atoms with E-state index in [1.54, 1.807) is 37.4 Å². The van der Waals surface area contributed by atoms with Gasteiger partial charge in [0.15, 0.2) is 5.78 Å². The molecule has 0 fully saturated rings. The van der Waals surface area contributed by atoms with Crippen LogP contribution in [0.5, 0.6) is 5.75 Å². The van der Waals surface area contributed by atoms with Gasteiger partial charge in [-0.3, -0.25) is 4.79 Å². The van der Waals surface area contributed by atoms with Gasteiger partial charge < -0.3 is 4.74 Å². The van der Waals surface area contributed by atoms with Crippen molar-refractivity contribution in [2.45, 2.75) is 5.88 Å². The summed E-state index contributed by atoms with van der Waals surface area (Å²) in [4.78, 5) is 12.2. The lowest BCUT2D eigenvalue weighted by Crippen LogP contribution is -2.02. The molecule has 0 amide bonds. The van der Waals surface area contributed by atoms with Gasteiger partial charge in [0.2, 0.25) is 0 Å². The molecule has 0 spiro atoms. The second kappa shape index (κ2) is 5.69. The highest BCUT2D eigenvalue weighted by atomic mass is 35.5. The van der Waals surface area contributed by atoms with Crippen LogP contribution >= 0.6 is 11.6 Å². The minimum atomic E-state index is -0.00961. The lowest BCUT2D eigenvalue weighted by atomic mass is 10.0. The molecule has 3 heteroatoms. The van der Waals surface area contributed by atoms with Crippen molar-refractivity contribution in [2.75, 3.05) is 7.11 Å². The first-order valence-electron chi connectivity index (χ1n) is 5.59. The molecule has 2 aromatic carbocycles. The summed E-state index contributed by atoms with van der Waals surface area (Å²) in [6, 6.07) is 14.5. The van der Waals surface area contributed by atoms with Gasteiger partial charge >= 0.3 is 0 Å². The number of carbonyl (C=O) groups excluding carboxylic acids is 1. The highest BCUT2D eigenvalue weighted by molar-refractivity contribution is 6.17. The smallest absolute Gasteiger partial charge is 0.193 e. The first-order chi connectivity index (χ1) is 8.76. The van der Waals surface area contributed by atoms with Crippen molar-refractivity contribution in [3.8, 4) is 5.75 Å². The quantitative estimate of drug-likeness (QED) is 0.619. The molecular weight excluding hydrogens is 248 g/mol. The van der Waals surface area contributed by atoms with Crippen LogP contribution in [0.1, 0.15) is 21.5 Å². The Morgan fingerprint density at radius 2 is 1.83 bits per heavy atom. The summed E-state index contributed by atoms with van der Waals surface area (Å²) in [6.07, 6.45) is 0. The Balaban J connectivity index is 2.37. The number of rotatable bonds is 4. The van der Waals surface area contributed by atoms with E-state index in [1.807, 2.05) is 18.2 Å². The Hall–Kier alpha value is -1.80. The number of alkyl halides is 1. The molecule has 0 aliphatic rings. The van der Waals surface area contributed by atoms with E-state index >= 15 is 0 Å². The van der Waals surface area contributed by atoms with Crippen molar-refractivity contribution < 1.29 is 9.53 Å². The Morgan fingerprint density at radius 1 is 1.11 bits per heavy atom. The summed E-state index contributed by atoms with van der Waals surface area (Å²) < 4.78 is 5.18. The van der Waals surface area contributed by atoms with Crippen molar-refractivity contribution in [1.82, 2.24) is 0 Å². The molecule has 0 saturated carbocycles. The molecule has 2 aromatic rings. The van der Waals surface area contributed by atoms with Crippen molar-refractivity contribution in [3.63, 3.8) is 0 Å². The molecule has 0 bridgehead atoms. The summed E-state index contributed by atoms with van der Waals surface area (Å²) in [5, 5.41) is 0. The van der Waals surface area contributed by atoms with Gasteiger partial charge in [0, 0.05) is 16.7 Å². The Morgan fingerprint density at radius 3 is 2.44 bits per heavy atom. The molecule has 0 aromatic heterocycles. The maximum absolute atomic E-state index is 12.2. The van der Waals surface area contributed by atoms with E-state index in [2.05, 4.69) is 0 Å². The van der Waals surface area contributed by atoms with Gasteiger partial charge in [-0.25, -0.2) is 0 Å². The van der Waals surface area contributed by atoms with Crippen LogP contribution in [0.3, 0.4) is 0 Å². The second-order valence-electron chi connectivity index (χ2n) is 3.86. The van der Waals surface area contributed by atoms with Gasteiger partial charge in [0.05, 0.1) is 13.0 Å². The monoisotopic (exact) mass is 260 g/mol. The summed E-state index contributed by atoms with van der Waals surface area (Å²) in [5.41, 5.74) is 2.11. The minimum Gasteiger partial charge on any atom is -0.496 e. The van der Waals surface area contributed by atoms with Gasteiger partial charge in [-0.1, -0.05) is 30.3 Å². The SMILES string of the molecule is COc1ccc(C(=O)c2ccccc2)cc1CCl. The van der Waals surface area contributed by atoms with Crippen LogP contribution in [0.2, 0.25) is 0 Å². The van der Waals surface area contributed by atoms with Crippen LogP contribution in [0.25, 0.3) is 0 Å². The Kier molecular flexibility index (Phi) is 4.00. The van der Waals surface area contributed by atoms with E-state index in [1.165, 1.54) is 0 Å². The number of benzene rings is 2. The lowest BCUT2D eigenvalue weighted by Gasteiger charge is -2.08. The van der Waals surface area contributed by atoms with Gasteiger partial charge in [0.1, 0.15) is 5.75 Å². The van der Waals surface area contributed by atoms with Gasteiger partial charge in [-0.05, 0) is 18.2 Å². The molecule has 0 heterocycles. The van der Waals surface area contributed by atoms with Crippen molar-refractivity contribution in [3.05, 3.63) is 65.2 Å². The van der Waals surface area contributed by atoms with Gasteiger partial charge in [-0.15, -0.1) is 11.6 Å². The predicted molar refractivity (Wildman–Crippen MR) is 72.4 cm³/mol. The third-order valence-corrected chi connectivity index (χ3v) is 3.01. The molecule has 0 radical (unpaired) electrons. The summed E-state index contributed by atoms with van der Waals surface area (Å²) >= 11 is 5.84. The average molecular weight is 261 g/mol. The Bertz CT molecular complexity index is 550. The number of hydrogen-bond donors (Lipinski definition) is 0. The average Bonchev–Trinajstić information content (AvgIpc) is 2.46. The van der Waals surface area contributed by atoms with Crippen LogP contribution < -0.4 is 4.74 Å². The fraction of sp³-hybridized carbons (Fsp3) is 0.133. The molecule has 0 saturated heterocycles. The summed E-state index contributed by atoms with van der Waals surface area (Å²) in [5.74, 6) is 1.01. The highest BCUT2D eigenvalue weighted by Crippen LogP contribution is 2.23. The third kappa shape index (κ3) is 2.54. The molecular formula is C15H13ClO2. The van der Waals surface area contributed by atoms with E-state index < -0.39 is 0 Å². The predicted octanol–water partition coefficient (Wildman–Crippen LogP) is 3.67. The number of ether oxygens (including phenoxy) is 1. The topological polar surface area (TPSA) is 26.3 Å². The zero-order valence-electron chi connectivity index (χ0n) is 10.0. The van der Waals surface area contributed by atoms with E-state index in [0.717, 1.165) is 5.56 Å². The Labute approximate surface area is 111 Å². The first kappa shape index (κ1) is 12.7. The van der Waals surface area contributed by atoms with Crippen LogP contribution in [-0.2, 0) is 5.88 Å². The van der Waals surface area contributed by atoms with Gasteiger partial charge in [-0.2, -0.15) is 0 Å². The number of carbonyl (C=O) groups is 1. The van der Waals surface area contributed by atoms with Crippen LogP contribution in [0, 0.1) is 0 Å². The molecule has 0 aliphatic carbocycles. The molecule has 2 rings (SSSR count). The standard InChI is InChI=1S/C15H13ClO2/c1-18-14-8-7-12(9-13(14)10-16)15(17)11-5-3-2-4-6-11/h2-9H,10H2,1H3. The number of hydrogen-bond acceptors (Lipinski definition) is 2. The zero-order valence-corrected chi connectivity index (χ0v) is 10.8. The summed E-state index contributed by atoms with van der Waals surface area (Å²) in [7, 11) is 1.59. The fourth-order valence-electron chi connectivity index (χ4n) is 1.78.